The average molecular weight is 893 g/mol. The lowest BCUT2D eigenvalue weighted by atomic mass is 10.1. The molecular weight excluding hydrogens is 840 g/mol. The Morgan fingerprint density at radius 2 is 0.984 bits per heavy atom. The summed E-state index contributed by atoms with van der Waals surface area (Å²) in [5, 5.41) is 1.54. The summed E-state index contributed by atoms with van der Waals surface area (Å²) in [6.07, 6.45) is -5.07. The highest BCUT2D eigenvalue weighted by Gasteiger charge is 2.38. The van der Waals surface area contributed by atoms with E-state index < -0.39 is 30.2 Å². The van der Waals surface area contributed by atoms with E-state index in [1.165, 1.54) is 47.4 Å². The molecule has 6 rings (SSSR count). The molecule has 2 saturated heterocycles. The highest BCUT2D eigenvalue weighted by atomic mass is 19.4. The van der Waals surface area contributed by atoms with Crippen molar-refractivity contribution in [1.29, 1.82) is 0 Å². The van der Waals surface area contributed by atoms with Gasteiger partial charge in [0.1, 0.15) is 11.6 Å². The number of nitrogens with one attached hydrogen (secondary N) is 1. The van der Waals surface area contributed by atoms with E-state index in [0.717, 1.165) is 44.8 Å². The van der Waals surface area contributed by atoms with Gasteiger partial charge in [-0.1, -0.05) is 74.5 Å². The Morgan fingerprint density at radius 1 is 0.594 bits per heavy atom. The second-order valence-electron chi connectivity index (χ2n) is 15.2. The van der Waals surface area contributed by atoms with Gasteiger partial charge in [0.25, 0.3) is 0 Å². The molecular formula is C46H53F5N8O5. The molecule has 0 radical (unpaired) electrons. The predicted molar refractivity (Wildman–Crippen MR) is 233 cm³/mol. The summed E-state index contributed by atoms with van der Waals surface area (Å²) in [6, 6.07) is 24.3. The van der Waals surface area contributed by atoms with E-state index in [-0.39, 0.29) is 48.9 Å². The van der Waals surface area contributed by atoms with Crippen molar-refractivity contribution < 1.29 is 45.9 Å². The number of anilines is 2. The number of hydrogen-bond acceptors (Lipinski definition) is 8. The lowest BCUT2D eigenvalue weighted by molar-refractivity contribution is -0.173. The third kappa shape index (κ3) is 13.6. The maximum absolute atomic E-state index is 13.9. The lowest BCUT2D eigenvalue weighted by Gasteiger charge is -2.37. The molecule has 2 aliphatic rings. The number of hydrogen-bond donors (Lipinski definition) is 2. The topological polar surface area (TPSA) is 143 Å². The number of nitrogens with two attached hydrogens (primary N) is 1. The van der Waals surface area contributed by atoms with Gasteiger partial charge in [-0.15, -0.1) is 0 Å². The van der Waals surface area contributed by atoms with Crippen LogP contribution in [-0.4, -0.2) is 134 Å². The summed E-state index contributed by atoms with van der Waals surface area (Å²) in [6.45, 7) is 11.0. The first-order valence-corrected chi connectivity index (χ1v) is 21.0. The van der Waals surface area contributed by atoms with Crippen molar-refractivity contribution in [3.05, 3.63) is 131 Å². The van der Waals surface area contributed by atoms with Crippen molar-refractivity contribution in [3.8, 4) is 0 Å². The third-order valence-corrected chi connectivity index (χ3v) is 11.0. The Balaban J connectivity index is 0.000000245. The fraction of sp³-hybridized carbons (Fsp3) is 0.370. The summed E-state index contributed by atoms with van der Waals surface area (Å²) in [4.78, 5) is 72.5. The molecule has 0 saturated carbocycles. The van der Waals surface area contributed by atoms with E-state index in [9.17, 15) is 45.9 Å². The number of halogens is 5. The van der Waals surface area contributed by atoms with Crippen LogP contribution in [0.15, 0.2) is 97.1 Å². The number of ketones is 2. The zero-order chi connectivity index (χ0) is 46.4. The fourth-order valence-corrected chi connectivity index (χ4v) is 7.12. The number of amides is 5. The van der Waals surface area contributed by atoms with Crippen molar-refractivity contribution in [1.82, 2.24) is 24.9 Å². The highest BCUT2D eigenvalue weighted by Crippen LogP contribution is 2.24. The molecule has 2 aliphatic heterocycles. The minimum absolute atomic E-state index is 0.0447. The van der Waals surface area contributed by atoms with Crippen LogP contribution in [-0.2, 0) is 17.9 Å². The van der Waals surface area contributed by atoms with Crippen LogP contribution in [0, 0.1) is 11.6 Å². The molecule has 0 spiro atoms. The normalized spacial score (nSPS) is 14.6. The van der Waals surface area contributed by atoms with Crippen LogP contribution < -0.4 is 20.9 Å². The van der Waals surface area contributed by atoms with Crippen LogP contribution in [0.2, 0.25) is 0 Å². The van der Waals surface area contributed by atoms with Crippen LogP contribution in [0.4, 0.5) is 42.9 Å². The molecule has 0 atom stereocenters. The molecule has 0 aromatic heterocycles. The van der Waals surface area contributed by atoms with Crippen LogP contribution in [0.25, 0.3) is 0 Å². The van der Waals surface area contributed by atoms with E-state index in [2.05, 4.69) is 23.6 Å². The van der Waals surface area contributed by atoms with Crippen LogP contribution in [0.3, 0.4) is 0 Å². The van der Waals surface area contributed by atoms with Gasteiger partial charge in [0, 0.05) is 74.9 Å². The standard InChI is InChI=1S/C24H26F4N4O3.C22H27FN4O2/c1-2-30-10-12-31(13-11-30)23(35)32(20-5-3-4-19(25)14-20)16-17-6-8-18(9-7-17)21(33)15-29-22(34)24(26,27)28;1-2-25-10-12-26(13-11-25)22(29)27(20-5-3-4-19(23)14-20)16-17-6-8-18(9-7-17)21(28)15-24/h3-9,14H,2,10-13,15-16H2,1H3,(H,29,34);3-9,14H,2,10-13,15-16,24H2,1H3. The molecule has 2 heterocycles. The van der Waals surface area contributed by atoms with Crippen LogP contribution in [0.1, 0.15) is 45.7 Å². The Labute approximate surface area is 369 Å². The van der Waals surface area contributed by atoms with Crippen LogP contribution >= 0.6 is 0 Å². The summed E-state index contributed by atoms with van der Waals surface area (Å²) < 4.78 is 64.6. The Kier molecular flexibility index (Phi) is 17.5. The molecule has 4 aromatic carbocycles. The van der Waals surface area contributed by atoms with Gasteiger partial charge >= 0.3 is 24.1 Å². The monoisotopic (exact) mass is 892 g/mol. The summed E-state index contributed by atoms with van der Waals surface area (Å²) in [5.41, 5.74) is 8.42. The van der Waals surface area contributed by atoms with Gasteiger partial charge < -0.3 is 30.7 Å². The summed E-state index contributed by atoms with van der Waals surface area (Å²) in [7, 11) is 0. The second-order valence-corrected chi connectivity index (χ2v) is 15.2. The van der Waals surface area contributed by atoms with E-state index in [1.807, 2.05) is 4.90 Å². The quantitative estimate of drug-likeness (QED) is 0.120. The van der Waals surface area contributed by atoms with Crippen molar-refractivity contribution in [2.45, 2.75) is 33.1 Å². The van der Waals surface area contributed by atoms with Gasteiger partial charge in [-0.05, 0) is 60.6 Å². The number of Topliss-reactive ketones (excluding diaryl/α,β-unsaturated/α-hetero) is 2. The first kappa shape index (κ1) is 48.8. The fourth-order valence-electron chi connectivity index (χ4n) is 7.12. The molecule has 342 valence electrons. The summed E-state index contributed by atoms with van der Waals surface area (Å²) in [5.74, 6) is -3.89. The van der Waals surface area contributed by atoms with Crippen molar-refractivity contribution in [2.24, 2.45) is 5.73 Å². The minimum Gasteiger partial charge on any atom is -0.341 e. The van der Waals surface area contributed by atoms with E-state index in [0.29, 0.717) is 48.7 Å². The SMILES string of the molecule is CCN1CCN(C(=O)N(Cc2ccc(C(=O)CN)cc2)c2cccc(F)c2)CC1.CCN1CCN(C(=O)N(Cc2ccc(C(=O)CNC(=O)C(F)(F)F)cc2)c2cccc(F)c2)CC1. The van der Waals surface area contributed by atoms with E-state index >= 15 is 0 Å². The number of benzene rings is 4. The molecule has 0 unspecified atom stereocenters. The molecule has 0 aliphatic carbocycles. The predicted octanol–water partition coefficient (Wildman–Crippen LogP) is 6.18. The van der Waals surface area contributed by atoms with Gasteiger partial charge in [-0.25, -0.2) is 18.4 Å². The Hall–Kier alpha value is -6.24. The molecule has 2 fully saturated rings. The molecule has 0 bridgehead atoms. The number of alkyl halides is 3. The van der Waals surface area contributed by atoms with E-state index in [1.54, 1.807) is 69.7 Å². The van der Waals surface area contributed by atoms with Crippen molar-refractivity contribution >= 4 is 40.9 Å². The largest absolute Gasteiger partial charge is 0.471 e. The second kappa shape index (κ2) is 22.9. The van der Waals surface area contributed by atoms with Gasteiger partial charge in [-0.3, -0.25) is 24.2 Å². The minimum atomic E-state index is -5.07. The number of urea groups is 2. The highest BCUT2D eigenvalue weighted by molar-refractivity contribution is 6.00. The van der Waals surface area contributed by atoms with Crippen molar-refractivity contribution in [3.63, 3.8) is 0 Å². The van der Waals surface area contributed by atoms with Gasteiger partial charge in [0.05, 0.1) is 26.2 Å². The molecule has 18 heteroatoms. The number of carbonyl (C=O) groups is 5. The zero-order valence-corrected chi connectivity index (χ0v) is 35.8. The summed E-state index contributed by atoms with van der Waals surface area (Å²) >= 11 is 0. The zero-order valence-electron chi connectivity index (χ0n) is 35.8. The smallest absolute Gasteiger partial charge is 0.341 e. The first-order chi connectivity index (χ1) is 30.6. The van der Waals surface area contributed by atoms with Gasteiger partial charge in [0.2, 0.25) is 0 Å². The lowest BCUT2D eigenvalue weighted by Crippen LogP contribution is -2.52. The van der Waals surface area contributed by atoms with Crippen LogP contribution in [0.5, 0.6) is 0 Å². The maximum atomic E-state index is 13.9. The Bertz CT molecular complexity index is 2210. The maximum Gasteiger partial charge on any atom is 0.471 e. The van der Waals surface area contributed by atoms with Gasteiger partial charge in [-0.2, -0.15) is 13.2 Å². The number of carbonyl (C=O) groups excluding carboxylic acids is 5. The molecule has 5 amide bonds. The first-order valence-electron chi connectivity index (χ1n) is 21.0. The number of nitrogens with zero attached hydrogens (tertiary/aromatic N) is 6. The number of piperazine rings is 2. The molecule has 3 N–H and O–H groups in total. The third-order valence-electron chi connectivity index (χ3n) is 11.0. The molecule has 64 heavy (non-hydrogen) atoms. The average Bonchev–Trinajstić information content (AvgIpc) is 3.31. The molecule has 4 aromatic rings. The van der Waals surface area contributed by atoms with E-state index in [4.69, 9.17) is 5.73 Å². The number of rotatable bonds is 13. The molecule has 13 nitrogen and oxygen atoms in total. The number of likely N-dealkylation sites (N-methyl/N-ethyl adjacent to an activating group) is 2. The van der Waals surface area contributed by atoms with Gasteiger partial charge in [0.15, 0.2) is 11.6 Å². The van der Waals surface area contributed by atoms with Crippen molar-refractivity contribution in [2.75, 3.05) is 88.3 Å². The Morgan fingerprint density at radius 3 is 1.33 bits per heavy atom.